The van der Waals surface area contributed by atoms with Crippen molar-refractivity contribution in [2.75, 3.05) is 13.7 Å². The third kappa shape index (κ3) is 2.73. The lowest BCUT2D eigenvalue weighted by atomic mass is 10.1. The zero-order valence-corrected chi connectivity index (χ0v) is 14.0. The molecule has 6 nitrogen and oxygen atoms in total. The van der Waals surface area contributed by atoms with Crippen molar-refractivity contribution < 1.29 is 9.15 Å². The van der Waals surface area contributed by atoms with Gasteiger partial charge in [-0.1, -0.05) is 26.0 Å². The highest BCUT2D eigenvalue weighted by Gasteiger charge is 2.19. The Bertz CT molecular complexity index is 1000. The number of aromatic nitrogens is 2. The molecule has 0 bridgehead atoms. The molecule has 24 heavy (non-hydrogen) atoms. The normalized spacial score (nSPS) is 11.7. The molecule has 0 aliphatic heterocycles. The van der Waals surface area contributed by atoms with Crippen molar-refractivity contribution in [3.63, 3.8) is 0 Å². The number of rotatable bonds is 5. The number of fused-ring (bicyclic) bond motifs is 2. The largest absolute Gasteiger partial charge is 0.437 e. The number of hydrogen-bond acceptors (Lipinski definition) is 5. The molecule has 0 unspecified atom stereocenters. The topological polar surface area (TPSA) is 74.3 Å². The minimum absolute atomic E-state index is 0.00974. The highest BCUT2D eigenvalue weighted by Crippen LogP contribution is 2.18. The van der Waals surface area contributed by atoms with Crippen LogP contribution >= 0.6 is 0 Å². The monoisotopic (exact) mass is 328 g/mol. The third-order valence-electron chi connectivity index (χ3n) is 3.98. The standard InChI is InChI=1S/C18H20N2O4/c1-11(2)16-19-17-14(18(22)20(16)9-6-10-23-3)15(21)12-7-4-5-8-13(12)24-17/h4-5,7-8,11H,6,9-10H2,1-3H3. The second-order valence-electron chi connectivity index (χ2n) is 6.04. The van der Waals surface area contributed by atoms with Gasteiger partial charge < -0.3 is 9.15 Å². The molecule has 0 N–H and O–H groups in total. The summed E-state index contributed by atoms with van der Waals surface area (Å²) in [5.41, 5.74) is -0.136. The van der Waals surface area contributed by atoms with Gasteiger partial charge in [0, 0.05) is 26.2 Å². The highest BCUT2D eigenvalue weighted by molar-refractivity contribution is 5.87. The summed E-state index contributed by atoms with van der Waals surface area (Å²) in [4.78, 5) is 30.1. The molecule has 126 valence electrons. The first-order valence-corrected chi connectivity index (χ1v) is 7.99. The van der Waals surface area contributed by atoms with Crippen LogP contribution in [0.5, 0.6) is 0 Å². The van der Waals surface area contributed by atoms with Gasteiger partial charge in [0.05, 0.1) is 5.39 Å². The lowest BCUT2D eigenvalue weighted by Crippen LogP contribution is -2.30. The SMILES string of the molecule is COCCCn1c(C(C)C)nc2oc3ccccc3c(=O)c2c1=O. The van der Waals surface area contributed by atoms with Gasteiger partial charge in [-0.25, -0.2) is 0 Å². The fourth-order valence-electron chi connectivity index (χ4n) is 2.82. The first-order chi connectivity index (χ1) is 11.5. The molecule has 0 aliphatic carbocycles. The minimum Gasteiger partial charge on any atom is -0.437 e. The van der Waals surface area contributed by atoms with E-state index in [-0.39, 0.29) is 28.0 Å². The molecular weight excluding hydrogens is 308 g/mol. The van der Waals surface area contributed by atoms with Gasteiger partial charge in [-0.05, 0) is 18.6 Å². The maximum absolute atomic E-state index is 12.9. The van der Waals surface area contributed by atoms with Crippen molar-refractivity contribution in [2.45, 2.75) is 32.7 Å². The molecule has 0 aliphatic rings. The summed E-state index contributed by atoms with van der Waals surface area (Å²) in [6.07, 6.45) is 0.669. The zero-order valence-electron chi connectivity index (χ0n) is 14.0. The molecular formula is C18H20N2O4. The Morgan fingerprint density at radius 3 is 2.71 bits per heavy atom. The lowest BCUT2D eigenvalue weighted by Gasteiger charge is -2.15. The Hall–Kier alpha value is -2.47. The van der Waals surface area contributed by atoms with E-state index in [1.165, 1.54) is 0 Å². The molecule has 2 aromatic heterocycles. The summed E-state index contributed by atoms with van der Waals surface area (Å²) < 4.78 is 12.4. The highest BCUT2D eigenvalue weighted by atomic mass is 16.5. The van der Waals surface area contributed by atoms with E-state index >= 15 is 0 Å². The molecule has 0 saturated heterocycles. The number of hydrogen-bond donors (Lipinski definition) is 0. The molecule has 0 atom stereocenters. The second kappa shape index (κ2) is 6.57. The fourth-order valence-corrected chi connectivity index (χ4v) is 2.82. The minimum atomic E-state index is -0.348. The van der Waals surface area contributed by atoms with Gasteiger partial charge in [0.1, 0.15) is 11.4 Å². The number of ether oxygens (including phenoxy) is 1. The van der Waals surface area contributed by atoms with Crippen LogP contribution in [0.4, 0.5) is 0 Å². The second-order valence-corrected chi connectivity index (χ2v) is 6.04. The summed E-state index contributed by atoms with van der Waals surface area (Å²) in [6, 6.07) is 6.90. The van der Waals surface area contributed by atoms with E-state index in [4.69, 9.17) is 9.15 Å². The molecule has 2 heterocycles. The summed E-state index contributed by atoms with van der Waals surface area (Å²) in [6.45, 7) is 4.91. The van der Waals surface area contributed by atoms with Gasteiger partial charge in [0.2, 0.25) is 11.1 Å². The number of methoxy groups -OCH3 is 1. The van der Waals surface area contributed by atoms with Crippen LogP contribution in [-0.4, -0.2) is 23.3 Å². The summed E-state index contributed by atoms with van der Waals surface area (Å²) >= 11 is 0. The van der Waals surface area contributed by atoms with Crippen LogP contribution in [0.15, 0.2) is 38.3 Å². The number of nitrogens with zero attached hydrogens (tertiary/aromatic N) is 2. The molecule has 0 fully saturated rings. The molecule has 0 spiro atoms. The Kier molecular flexibility index (Phi) is 4.49. The van der Waals surface area contributed by atoms with Crippen molar-refractivity contribution in [2.24, 2.45) is 0 Å². The van der Waals surface area contributed by atoms with Crippen LogP contribution in [0.2, 0.25) is 0 Å². The average Bonchev–Trinajstić information content (AvgIpc) is 2.56. The van der Waals surface area contributed by atoms with Gasteiger partial charge >= 0.3 is 0 Å². The maximum atomic E-state index is 12.9. The molecule has 0 saturated carbocycles. The molecule has 1 aromatic carbocycles. The van der Waals surface area contributed by atoms with E-state index in [1.54, 1.807) is 35.9 Å². The lowest BCUT2D eigenvalue weighted by molar-refractivity contribution is 0.189. The predicted octanol–water partition coefficient (Wildman–Crippen LogP) is 2.66. The Labute approximate surface area is 138 Å². The maximum Gasteiger partial charge on any atom is 0.268 e. The Balaban J connectivity index is 2.34. The van der Waals surface area contributed by atoms with Gasteiger partial charge in [-0.15, -0.1) is 0 Å². The van der Waals surface area contributed by atoms with Crippen LogP contribution in [-0.2, 0) is 11.3 Å². The molecule has 6 heteroatoms. The van der Waals surface area contributed by atoms with E-state index in [0.29, 0.717) is 36.4 Å². The van der Waals surface area contributed by atoms with Crippen LogP contribution in [0.3, 0.4) is 0 Å². The Morgan fingerprint density at radius 2 is 2.00 bits per heavy atom. The van der Waals surface area contributed by atoms with Gasteiger partial charge in [-0.3, -0.25) is 14.2 Å². The van der Waals surface area contributed by atoms with Crippen LogP contribution in [0.1, 0.15) is 32.0 Å². The smallest absolute Gasteiger partial charge is 0.268 e. The third-order valence-corrected chi connectivity index (χ3v) is 3.98. The number of para-hydroxylation sites is 1. The van der Waals surface area contributed by atoms with Crippen LogP contribution in [0, 0.1) is 0 Å². The zero-order chi connectivity index (χ0) is 17.3. The number of benzene rings is 1. The first kappa shape index (κ1) is 16.4. The van der Waals surface area contributed by atoms with Gasteiger partial charge in [-0.2, -0.15) is 4.98 Å². The van der Waals surface area contributed by atoms with Crippen molar-refractivity contribution in [1.82, 2.24) is 9.55 Å². The van der Waals surface area contributed by atoms with E-state index < -0.39 is 0 Å². The first-order valence-electron chi connectivity index (χ1n) is 7.99. The van der Waals surface area contributed by atoms with Crippen LogP contribution in [0.25, 0.3) is 22.1 Å². The molecule has 3 rings (SSSR count). The predicted molar refractivity (Wildman–Crippen MR) is 92.6 cm³/mol. The van der Waals surface area contributed by atoms with E-state index in [9.17, 15) is 9.59 Å². The summed E-state index contributed by atoms with van der Waals surface area (Å²) in [7, 11) is 1.62. The Morgan fingerprint density at radius 1 is 1.25 bits per heavy atom. The summed E-state index contributed by atoms with van der Waals surface area (Å²) in [5.74, 6) is 0.642. The van der Waals surface area contributed by atoms with Crippen molar-refractivity contribution in [3.05, 3.63) is 50.7 Å². The quantitative estimate of drug-likeness (QED) is 0.532. The van der Waals surface area contributed by atoms with Gasteiger partial charge in [0.25, 0.3) is 5.56 Å². The van der Waals surface area contributed by atoms with Gasteiger partial charge in [0.15, 0.2) is 5.39 Å². The van der Waals surface area contributed by atoms with Crippen molar-refractivity contribution in [3.8, 4) is 0 Å². The molecule has 0 amide bonds. The fraction of sp³-hybridized carbons (Fsp3) is 0.389. The van der Waals surface area contributed by atoms with E-state index in [0.717, 1.165) is 0 Å². The van der Waals surface area contributed by atoms with E-state index in [1.807, 2.05) is 13.8 Å². The average molecular weight is 328 g/mol. The van der Waals surface area contributed by atoms with Crippen LogP contribution < -0.4 is 11.0 Å². The summed E-state index contributed by atoms with van der Waals surface area (Å²) in [5, 5.41) is 0.403. The van der Waals surface area contributed by atoms with Crippen molar-refractivity contribution >= 4 is 22.1 Å². The van der Waals surface area contributed by atoms with E-state index in [2.05, 4.69) is 4.98 Å². The molecule has 0 radical (unpaired) electrons. The molecule has 3 aromatic rings. The van der Waals surface area contributed by atoms with Crippen molar-refractivity contribution in [1.29, 1.82) is 0 Å².